The Bertz CT molecular complexity index is 1080. The summed E-state index contributed by atoms with van der Waals surface area (Å²) in [4.78, 5) is 11.7. The molecule has 2 N–H and O–H groups in total. The van der Waals surface area contributed by atoms with E-state index in [2.05, 4.69) is 18.6 Å². The minimum absolute atomic E-state index is 0.169. The lowest BCUT2D eigenvalue weighted by molar-refractivity contribution is 0.0696. The molecule has 0 radical (unpaired) electrons. The van der Waals surface area contributed by atoms with Crippen LogP contribution in [0, 0.1) is 20.8 Å². The van der Waals surface area contributed by atoms with Gasteiger partial charge in [-0.1, -0.05) is 24.3 Å². The van der Waals surface area contributed by atoms with Gasteiger partial charge >= 0.3 is 5.97 Å². The van der Waals surface area contributed by atoms with Gasteiger partial charge < -0.3 is 9.84 Å². The first-order chi connectivity index (χ1) is 14.3. The zero-order valence-corrected chi connectivity index (χ0v) is 18.1. The van der Waals surface area contributed by atoms with Crippen molar-refractivity contribution < 1.29 is 18.8 Å². The van der Waals surface area contributed by atoms with Gasteiger partial charge in [-0.3, -0.25) is 0 Å². The Kier molecular flexibility index (Phi) is 7.03. The Morgan fingerprint density at radius 2 is 1.57 bits per heavy atom. The molecule has 0 aliphatic carbocycles. The third-order valence-electron chi connectivity index (χ3n) is 4.94. The van der Waals surface area contributed by atoms with Gasteiger partial charge in [0.2, 0.25) is 0 Å². The van der Waals surface area contributed by atoms with Crippen LogP contribution in [0.3, 0.4) is 0 Å². The maximum absolute atomic E-state index is 12.4. The average Bonchev–Trinajstić information content (AvgIpc) is 2.72. The molecule has 0 bridgehead atoms. The normalized spacial score (nSPS) is 11.8. The second kappa shape index (κ2) is 9.69. The van der Waals surface area contributed by atoms with Crippen molar-refractivity contribution in [2.24, 2.45) is 0 Å². The third kappa shape index (κ3) is 5.55. The maximum Gasteiger partial charge on any atom is 0.335 e. The highest BCUT2D eigenvalue weighted by atomic mass is 32.2. The van der Waals surface area contributed by atoms with E-state index < -0.39 is 17.0 Å². The quantitative estimate of drug-likeness (QED) is 0.537. The Balaban J connectivity index is 1.54. The van der Waals surface area contributed by atoms with E-state index in [9.17, 15) is 14.1 Å². The molecule has 0 saturated heterocycles. The molecule has 0 aromatic heterocycles. The van der Waals surface area contributed by atoms with E-state index in [4.69, 9.17) is 4.74 Å². The number of aromatic carboxylic acids is 1. The molecule has 0 aliphatic rings. The van der Waals surface area contributed by atoms with Crippen LogP contribution in [0.1, 0.15) is 32.6 Å². The van der Waals surface area contributed by atoms with Crippen LogP contribution in [0.25, 0.3) is 0 Å². The van der Waals surface area contributed by atoms with Crippen molar-refractivity contribution in [3.8, 4) is 11.5 Å². The summed E-state index contributed by atoms with van der Waals surface area (Å²) in [5, 5.41) is 9.21. The van der Waals surface area contributed by atoms with Crippen molar-refractivity contribution in [2.75, 3.05) is 6.54 Å². The van der Waals surface area contributed by atoms with Crippen molar-refractivity contribution in [3.63, 3.8) is 0 Å². The smallest absolute Gasteiger partial charge is 0.335 e. The lowest BCUT2D eigenvalue weighted by atomic mass is 10.1. The molecule has 3 aromatic rings. The number of ether oxygens (including phenoxy) is 1. The van der Waals surface area contributed by atoms with Crippen LogP contribution in [-0.4, -0.2) is 21.8 Å². The fourth-order valence-corrected chi connectivity index (χ4v) is 3.83. The monoisotopic (exact) mass is 423 g/mol. The first-order valence-corrected chi connectivity index (χ1v) is 10.8. The maximum atomic E-state index is 12.4. The second-order valence-electron chi connectivity index (χ2n) is 7.19. The van der Waals surface area contributed by atoms with Crippen LogP contribution in [0.2, 0.25) is 0 Å². The lowest BCUT2D eigenvalue weighted by Gasteiger charge is -2.09. The number of hydrogen-bond donors (Lipinski definition) is 2. The number of aryl methyl sites for hydroxylation is 3. The van der Waals surface area contributed by atoms with Gasteiger partial charge in [-0.25, -0.2) is 13.7 Å². The SMILES string of the molecule is Cc1ccc(Oc2ccc(CCNS(=O)c3ccc(C)c(C(=O)O)c3)cc2)cc1C. The third-order valence-corrected chi connectivity index (χ3v) is 6.09. The molecular formula is C24H25NO4S. The lowest BCUT2D eigenvalue weighted by Crippen LogP contribution is -2.20. The summed E-state index contributed by atoms with van der Waals surface area (Å²) in [6.45, 7) is 6.34. The summed E-state index contributed by atoms with van der Waals surface area (Å²) < 4.78 is 21.3. The predicted octanol–water partition coefficient (Wildman–Crippen LogP) is 4.96. The van der Waals surface area contributed by atoms with Crippen molar-refractivity contribution >= 4 is 17.0 Å². The summed E-state index contributed by atoms with van der Waals surface area (Å²) >= 11 is 0. The summed E-state index contributed by atoms with van der Waals surface area (Å²) in [5.41, 5.74) is 4.31. The van der Waals surface area contributed by atoms with Gasteiger partial charge in [0.05, 0.1) is 10.5 Å². The highest BCUT2D eigenvalue weighted by molar-refractivity contribution is 7.83. The molecule has 0 spiro atoms. The number of nitrogens with one attached hydrogen (secondary N) is 1. The van der Waals surface area contributed by atoms with E-state index in [-0.39, 0.29) is 5.56 Å². The molecule has 3 rings (SSSR count). The molecule has 3 aromatic carbocycles. The Hall–Kier alpha value is -2.96. The van der Waals surface area contributed by atoms with Gasteiger partial charge in [0.15, 0.2) is 0 Å². The molecule has 0 aliphatic heterocycles. The Morgan fingerprint density at radius 1 is 0.900 bits per heavy atom. The van der Waals surface area contributed by atoms with Gasteiger partial charge in [0, 0.05) is 6.54 Å². The van der Waals surface area contributed by atoms with Crippen LogP contribution in [0.5, 0.6) is 11.5 Å². The zero-order valence-electron chi connectivity index (χ0n) is 17.3. The molecule has 0 heterocycles. The van der Waals surface area contributed by atoms with Gasteiger partial charge in [-0.2, -0.15) is 0 Å². The van der Waals surface area contributed by atoms with E-state index in [0.717, 1.165) is 17.1 Å². The summed E-state index contributed by atoms with van der Waals surface area (Å²) in [5.74, 6) is 0.551. The van der Waals surface area contributed by atoms with Crippen molar-refractivity contribution in [1.29, 1.82) is 0 Å². The standard InChI is InChI=1S/C24H25NO4S/c1-16-4-8-21(14-18(16)3)29-20-9-6-19(7-10-20)12-13-25-30(28)22-11-5-17(2)23(15-22)24(26)27/h4-11,14-15,25H,12-13H2,1-3H3,(H,26,27). The zero-order chi connectivity index (χ0) is 21.7. The van der Waals surface area contributed by atoms with Crippen molar-refractivity contribution in [2.45, 2.75) is 32.1 Å². The van der Waals surface area contributed by atoms with Gasteiger partial charge in [-0.15, -0.1) is 0 Å². The number of carbonyl (C=O) groups is 1. The van der Waals surface area contributed by atoms with Gasteiger partial charge in [0.25, 0.3) is 0 Å². The largest absolute Gasteiger partial charge is 0.478 e. The molecule has 30 heavy (non-hydrogen) atoms. The molecule has 1 atom stereocenters. The minimum atomic E-state index is -1.47. The van der Waals surface area contributed by atoms with E-state index in [1.165, 1.54) is 17.2 Å². The fourth-order valence-electron chi connectivity index (χ4n) is 2.96. The van der Waals surface area contributed by atoms with Crippen LogP contribution >= 0.6 is 0 Å². The molecule has 5 nitrogen and oxygen atoms in total. The van der Waals surface area contributed by atoms with Gasteiger partial charge in [-0.05, 0) is 85.8 Å². The summed E-state index contributed by atoms with van der Waals surface area (Å²) in [7, 11) is -1.47. The van der Waals surface area contributed by atoms with E-state index in [0.29, 0.717) is 23.4 Å². The van der Waals surface area contributed by atoms with Crippen LogP contribution in [0.15, 0.2) is 65.6 Å². The topological polar surface area (TPSA) is 75.6 Å². The summed E-state index contributed by atoms with van der Waals surface area (Å²) in [6, 6.07) is 18.6. The highest BCUT2D eigenvalue weighted by Gasteiger charge is 2.11. The molecule has 156 valence electrons. The van der Waals surface area contributed by atoms with Crippen molar-refractivity contribution in [3.05, 3.63) is 88.5 Å². The number of rotatable bonds is 8. The number of carboxylic acids is 1. The van der Waals surface area contributed by atoms with E-state index in [1.807, 2.05) is 42.5 Å². The second-order valence-corrected chi connectivity index (χ2v) is 8.48. The number of hydrogen-bond acceptors (Lipinski definition) is 3. The molecule has 1 unspecified atom stereocenters. The Labute approximate surface area is 179 Å². The molecule has 6 heteroatoms. The summed E-state index contributed by atoms with van der Waals surface area (Å²) in [6.07, 6.45) is 0.688. The van der Waals surface area contributed by atoms with Crippen LogP contribution in [0.4, 0.5) is 0 Å². The van der Waals surface area contributed by atoms with Crippen molar-refractivity contribution in [1.82, 2.24) is 4.72 Å². The van der Waals surface area contributed by atoms with E-state index >= 15 is 0 Å². The number of carboxylic acid groups (broad SMARTS) is 1. The molecule has 0 amide bonds. The Morgan fingerprint density at radius 3 is 2.23 bits per heavy atom. The first-order valence-electron chi connectivity index (χ1n) is 9.67. The highest BCUT2D eigenvalue weighted by Crippen LogP contribution is 2.24. The van der Waals surface area contributed by atoms with Crippen LogP contribution in [-0.2, 0) is 17.4 Å². The predicted molar refractivity (Wildman–Crippen MR) is 119 cm³/mol. The number of benzene rings is 3. The average molecular weight is 424 g/mol. The molecular weight excluding hydrogens is 398 g/mol. The fraction of sp³-hybridized carbons (Fsp3) is 0.208. The minimum Gasteiger partial charge on any atom is -0.478 e. The molecule has 0 saturated carbocycles. The van der Waals surface area contributed by atoms with Gasteiger partial charge in [0.1, 0.15) is 22.5 Å². The van der Waals surface area contributed by atoms with E-state index in [1.54, 1.807) is 19.1 Å². The first kappa shape index (κ1) is 21.7. The van der Waals surface area contributed by atoms with Crippen LogP contribution < -0.4 is 9.46 Å². The molecule has 0 fully saturated rings.